The molecule has 72 valence electrons. The molecular weight excluding hydrogens is 162 g/mol. The molecule has 0 unspecified atom stereocenters. The van der Waals surface area contributed by atoms with Crippen LogP contribution in [0.3, 0.4) is 0 Å². The van der Waals surface area contributed by atoms with E-state index < -0.39 is 6.10 Å². The Morgan fingerprint density at radius 3 is 2.69 bits per heavy atom. The Morgan fingerprint density at radius 1 is 1.46 bits per heavy atom. The zero-order chi connectivity index (χ0) is 9.84. The molecule has 0 heterocycles. The van der Waals surface area contributed by atoms with E-state index in [1.165, 1.54) is 5.56 Å². The van der Waals surface area contributed by atoms with Crippen molar-refractivity contribution in [2.75, 3.05) is 0 Å². The minimum Gasteiger partial charge on any atom is -0.387 e. The van der Waals surface area contributed by atoms with Crippen LogP contribution in [0.4, 0.5) is 0 Å². The first-order valence-corrected chi connectivity index (χ1v) is 4.67. The van der Waals surface area contributed by atoms with Crippen LogP contribution in [-0.2, 0) is 6.42 Å². The van der Waals surface area contributed by atoms with E-state index in [0.717, 1.165) is 12.0 Å². The van der Waals surface area contributed by atoms with Crippen molar-refractivity contribution < 1.29 is 5.11 Å². The second kappa shape index (κ2) is 4.40. The highest BCUT2D eigenvalue weighted by atomic mass is 16.3. The summed E-state index contributed by atoms with van der Waals surface area (Å²) in [6.07, 6.45) is 0.436. The number of benzene rings is 1. The summed E-state index contributed by atoms with van der Waals surface area (Å²) in [6, 6.07) is 7.71. The van der Waals surface area contributed by atoms with E-state index in [1.807, 2.05) is 25.1 Å². The lowest BCUT2D eigenvalue weighted by atomic mass is 10.0. The fourth-order valence-electron chi connectivity index (χ4n) is 1.30. The molecule has 1 aromatic rings. The molecule has 3 N–H and O–H groups in total. The summed E-state index contributed by atoms with van der Waals surface area (Å²) >= 11 is 0. The molecule has 0 aromatic heterocycles. The summed E-state index contributed by atoms with van der Waals surface area (Å²) in [5, 5.41) is 9.69. The quantitative estimate of drug-likeness (QED) is 0.740. The van der Waals surface area contributed by atoms with Gasteiger partial charge in [0.1, 0.15) is 0 Å². The molecule has 1 aromatic carbocycles. The molecule has 13 heavy (non-hydrogen) atoms. The van der Waals surface area contributed by atoms with E-state index >= 15 is 0 Å². The van der Waals surface area contributed by atoms with E-state index in [2.05, 4.69) is 13.0 Å². The maximum absolute atomic E-state index is 9.69. The number of aliphatic hydroxyl groups is 1. The van der Waals surface area contributed by atoms with Crippen LogP contribution in [-0.4, -0.2) is 11.1 Å². The lowest BCUT2D eigenvalue weighted by Crippen LogP contribution is -2.24. The molecule has 0 radical (unpaired) electrons. The number of hydrogen-bond donors (Lipinski definition) is 2. The van der Waals surface area contributed by atoms with Crippen LogP contribution >= 0.6 is 0 Å². The van der Waals surface area contributed by atoms with Gasteiger partial charge in [0.25, 0.3) is 0 Å². The molecular formula is C11H17NO. The molecule has 0 fully saturated rings. The summed E-state index contributed by atoms with van der Waals surface area (Å²) in [7, 11) is 0. The fourth-order valence-corrected chi connectivity index (χ4v) is 1.30. The third-order valence-electron chi connectivity index (χ3n) is 2.20. The Morgan fingerprint density at radius 2 is 2.15 bits per heavy atom. The number of aliphatic hydroxyl groups excluding tert-OH is 1. The van der Waals surface area contributed by atoms with Gasteiger partial charge < -0.3 is 10.8 Å². The van der Waals surface area contributed by atoms with Gasteiger partial charge in [0, 0.05) is 6.04 Å². The molecule has 0 aliphatic rings. The minimum atomic E-state index is -0.550. The van der Waals surface area contributed by atoms with Gasteiger partial charge in [-0.15, -0.1) is 0 Å². The van der Waals surface area contributed by atoms with Gasteiger partial charge in [-0.1, -0.05) is 31.2 Å². The van der Waals surface area contributed by atoms with Crippen LogP contribution in [0.5, 0.6) is 0 Å². The van der Waals surface area contributed by atoms with Crippen molar-refractivity contribution in [1.29, 1.82) is 0 Å². The molecule has 0 amide bonds. The fraction of sp³-hybridized carbons (Fsp3) is 0.455. The van der Waals surface area contributed by atoms with Gasteiger partial charge in [-0.05, 0) is 24.5 Å². The number of nitrogens with two attached hydrogens (primary N) is 1. The zero-order valence-corrected chi connectivity index (χ0v) is 8.20. The summed E-state index contributed by atoms with van der Waals surface area (Å²) in [4.78, 5) is 0. The van der Waals surface area contributed by atoms with Crippen LogP contribution in [0.2, 0.25) is 0 Å². The van der Waals surface area contributed by atoms with Crippen molar-refractivity contribution >= 4 is 0 Å². The summed E-state index contributed by atoms with van der Waals surface area (Å²) < 4.78 is 0. The molecule has 0 saturated carbocycles. The number of hydrogen-bond acceptors (Lipinski definition) is 2. The van der Waals surface area contributed by atoms with Gasteiger partial charge in [-0.2, -0.15) is 0 Å². The normalized spacial score (nSPS) is 15.4. The summed E-state index contributed by atoms with van der Waals surface area (Å²) in [5.74, 6) is 0. The van der Waals surface area contributed by atoms with Crippen molar-refractivity contribution in [3.05, 3.63) is 35.4 Å². The topological polar surface area (TPSA) is 46.2 Å². The summed E-state index contributed by atoms with van der Waals surface area (Å²) in [5.41, 5.74) is 7.75. The second-order valence-corrected chi connectivity index (χ2v) is 3.40. The Kier molecular flexibility index (Phi) is 3.46. The van der Waals surface area contributed by atoms with Gasteiger partial charge in [0.05, 0.1) is 6.10 Å². The van der Waals surface area contributed by atoms with Crippen LogP contribution in [0.1, 0.15) is 31.1 Å². The predicted octanol–water partition coefficient (Wildman–Crippen LogP) is 1.63. The molecule has 0 aliphatic carbocycles. The lowest BCUT2D eigenvalue weighted by molar-refractivity contribution is 0.153. The highest BCUT2D eigenvalue weighted by molar-refractivity contribution is 5.25. The van der Waals surface area contributed by atoms with E-state index in [0.29, 0.717) is 0 Å². The number of aryl methyl sites for hydroxylation is 1. The van der Waals surface area contributed by atoms with Crippen molar-refractivity contribution in [2.24, 2.45) is 5.73 Å². The van der Waals surface area contributed by atoms with E-state index in [1.54, 1.807) is 0 Å². The first-order valence-electron chi connectivity index (χ1n) is 4.67. The Bertz CT molecular complexity index is 271. The molecule has 1 rings (SSSR count). The van der Waals surface area contributed by atoms with E-state index in [-0.39, 0.29) is 6.04 Å². The maximum Gasteiger partial charge on any atom is 0.0938 e. The maximum atomic E-state index is 9.69. The average molecular weight is 179 g/mol. The molecule has 2 atom stereocenters. The van der Waals surface area contributed by atoms with Gasteiger partial charge in [-0.25, -0.2) is 0 Å². The molecule has 0 bridgehead atoms. The minimum absolute atomic E-state index is 0.216. The van der Waals surface area contributed by atoms with E-state index in [4.69, 9.17) is 5.73 Å². The largest absolute Gasteiger partial charge is 0.387 e. The third kappa shape index (κ3) is 2.54. The van der Waals surface area contributed by atoms with Crippen molar-refractivity contribution in [3.63, 3.8) is 0 Å². The molecule has 0 aliphatic heterocycles. The molecule has 2 heteroatoms. The molecule has 2 nitrogen and oxygen atoms in total. The predicted molar refractivity (Wildman–Crippen MR) is 54.4 cm³/mol. The Hall–Kier alpha value is -0.860. The van der Waals surface area contributed by atoms with Gasteiger partial charge in [0.15, 0.2) is 0 Å². The van der Waals surface area contributed by atoms with Crippen molar-refractivity contribution in [3.8, 4) is 0 Å². The van der Waals surface area contributed by atoms with Crippen LogP contribution in [0.15, 0.2) is 24.3 Å². The third-order valence-corrected chi connectivity index (χ3v) is 2.20. The Labute approximate surface area is 79.4 Å². The monoisotopic (exact) mass is 179 g/mol. The number of rotatable bonds is 3. The lowest BCUT2D eigenvalue weighted by Gasteiger charge is -2.15. The smallest absolute Gasteiger partial charge is 0.0938 e. The first-order chi connectivity index (χ1) is 6.15. The molecule has 0 saturated heterocycles. The standard InChI is InChI=1S/C11H17NO/c1-3-9-5-4-6-10(7-9)11(13)8(2)12/h4-8,11,13H,3,12H2,1-2H3/t8-,11+/m0/s1. The van der Waals surface area contributed by atoms with Crippen LogP contribution < -0.4 is 5.73 Å². The highest BCUT2D eigenvalue weighted by Gasteiger charge is 2.11. The van der Waals surface area contributed by atoms with Crippen LogP contribution in [0, 0.1) is 0 Å². The van der Waals surface area contributed by atoms with Gasteiger partial charge in [0.2, 0.25) is 0 Å². The second-order valence-electron chi connectivity index (χ2n) is 3.40. The van der Waals surface area contributed by atoms with E-state index in [9.17, 15) is 5.11 Å². The zero-order valence-electron chi connectivity index (χ0n) is 8.20. The van der Waals surface area contributed by atoms with Crippen molar-refractivity contribution in [2.45, 2.75) is 32.4 Å². The van der Waals surface area contributed by atoms with Gasteiger partial charge >= 0.3 is 0 Å². The Balaban J connectivity index is 2.88. The first kappa shape index (κ1) is 10.2. The molecule has 0 spiro atoms. The SMILES string of the molecule is CCc1cccc([C@H](O)[C@H](C)N)c1. The van der Waals surface area contributed by atoms with Gasteiger partial charge in [-0.3, -0.25) is 0 Å². The summed E-state index contributed by atoms with van der Waals surface area (Å²) in [6.45, 7) is 3.90. The van der Waals surface area contributed by atoms with Crippen molar-refractivity contribution in [1.82, 2.24) is 0 Å². The van der Waals surface area contributed by atoms with Crippen LogP contribution in [0.25, 0.3) is 0 Å². The highest BCUT2D eigenvalue weighted by Crippen LogP contribution is 2.16. The average Bonchev–Trinajstić information content (AvgIpc) is 2.16.